The maximum absolute atomic E-state index is 7.13. The predicted molar refractivity (Wildman–Crippen MR) is 53.0 cm³/mol. The molecule has 4 nitrogen and oxygen atoms in total. The van der Waals surface area contributed by atoms with E-state index in [2.05, 4.69) is 11.8 Å². The lowest BCUT2D eigenvalue weighted by atomic mass is 10.2. The molecule has 1 saturated heterocycles. The van der Waals surface area contributed by atoms with Gasteiger partial charge >= 0.3 is 0 Å². The molecule has 3 N–H and O–H groups in total. The van der Waals surface area contributed by atoms with Gasteiger partial charge in [-0.2, -0.15) is 0 Å². The van der Waals surface area contributed by atoms with E-state index in [0.29, 0.717) is 12.5 Å². The zero-order chi connectivity index (χ0) is 9.68. The fraction of sp³-hybridized carbons (Fsp3) is 0.889. The average molecular weight is 185 g/mol. The Hall–Kier alpha value is -0.610. The van der Waals surface area contributed by atoms with Crippen molar-refractivity contribution in [3.63, 3.8) is 0 Å². The van der Waals surface area contributed by atoms with Crippen molar-refractivity contribution in [2.24, 2.45) is 5.73 Å². The molecule has 1 fully saturated rings. The van der Waals surface area contributed by atoms with E-state index in [-0.39, 0.29) is 5.84 Å². The van der Waals surface area contributed by atoms with Gasteiger partial charge in [-0.15, -0.1) is 0 Å². The molecule has 13 heavy (non-hydrogen) atoms. The summed E-state index contributed by atoms with van der Waals surface area (Å²) >= 11 is 0. The van der Waals surface area contributed by atoms with Gasteiger partial charge in [0.25, 0.3) is 0 Å². The van der Waals surface area contributed by atoms with Crippen molar-refractivity contribution in [2.45, 2.75) is 25.9 Å². The lowest BCUT2D eigenvalue weighted by molar-refractivity contribution is -0.0286. The number of morpholine rings is 1. The van der Waals surface area contributed by atoms with Crippen LogP contribution in [0.3, 0.4) is 0 Å². The fourth-order valence-corrected chi connectivity index (χ4v) is 1.51. The van der Waals surface area contributed by atoms with Gasteiger partial charge in [0.2, 0.25) is 0 Å². The van der Waals surface area contributed by atoms with Crippen molar-refractivity contribution >= 4 is 5.84 Å². The molecule has 0 saturated carbocycles. The first kappa shape index (κ1) is 10.5. The van der Waals surface area contributed by atoms with Crippen LogP contribution in [0, 0.1) is 5.41 Å². The first-order chi connectivity index (χ1) is 6.22. The van der Waals surface area contributed by atoms with E-state index >= 15 is 0 Å². The van der Waals surface area contributed by atoms with E-state index in [9.17, 15) is 0 Å². The van der Waals surface area contributed by atoms with Gasteiger partial charge in [0, 0.05) is 26.1 Å². The lowest BCUT2D eigenvalue weighted by Gasteiger charge is -2.32. The van der Waals surface area contributed by atoms with E-state index < -0.39 is 0 Å². The Balaban J connectivity index is 2.21. The molecule has 1 heterocycles. The van der Waals surface area contributed by atoms with E-state index in [4.69, 9.17) is 15.9 Å². The second-order valence-electron chi connectivity index (χ2n) is 3.48. The molecule has 0 bridgehead atoms. The van der Waals surface area contributed by atoms with Crippen LogP contribution in [-0.4, -0.2) is 43.1 Å². The van der Waals surface area contributed by atoms with Crippen LogP contribution in [-0.2, 0) is 4.74 Å². The maximum Gasteiger partial charge on any atom is 0.0918 e. The summed E-state index contributed by atoms with van der Waals surface area (Å²) in [7, 11) is 0. The molecule has 0 amide bonds. The molecule has 0 spiro atoms. The van der Waals surface area contributed by atoms with Crippen LogP contribution < -0.4 is 5.73 Å². The summed E-state index contributed by atoms with van der Waals surface area (Å²) in [5.74, 6) is 0.277. The first-order valence-electron chi connectivity index (χ1n) is 4.89. The van der Waals surface area contributed by atoms with Gasteiger partial charge in [0.15, 0.2) is 0 Å². The number of rotatable bonds is 4. The minimum atomic E-state index is 0.277. The van der Waals surface area contributed by atoms with Crippen LogP contribution in [0.2, 0.25) is 0 Å². The summed E-state index contributed by atoms with van der Waals surface area (Å²) in [6.45, 7) is 5.82. The topological polar surface area (TPSA) is 62.3 Å². The highest BCUT2D eigenvalue weighted by Crippen LogP contribution is 2.07. The average Bonchev–Trinajstić information content (AvgIpc) is 2.15. The maximum atomic E-state index is 7.13. The van der Waals surface area contributed by atoms with Gasteiger partial charge in [0.1, 0.15) is 0 Å². The monoisotopic (exact) mass is 185 g/mol. The van der Waals surface area contributed by atoms with Gasteiger partial charge in [-0.25, -0.2) is 0 Å². The van der Waals surface area contributed by atoms with Crippen molar-refractivity contribution in [2.75, 3.05) is 26.2 Å². The second kappa shape index (κ2) is 5.19. The molecule has 4 heteroatoms. The number of nitrogens with zero attached hydrogens (tertiary/aromatic N) is 1. The van der Waals surface area contributed by atoms with Crippen LogP contribution in [0.4, 0.5) is 0 Å². The molecule has 1 aliphatic rings. The molecular formula is C9H19N3O. The van der Waals surface area contributed by atoms with Gasteiger partial charge in [-0.05, 0) is 6.42 Å². The van der Waals surface area contributed by atoms with Gasteiger partial charge in [0.05, 0.1) is 18.5 Å². The molecule has 0 aliphatic carbocycles. The van der Waals surface area contributed by atoms with E-state index in [1.165, 1.54) is 0 Å². The number of nitrogens with two attached hydrogens (primary N) is 1. The Morgan fingerprint density at radius 1 is 1.69 bits per heavy atom. The Morgan fingerprint density at radius 3 is 3.08 bits per heavy atom. The van der Waals surface area contributed by atoms with Gasteiger partial charge in [-0.3, -0.25) is 10.3 Å². The van der Waals surface area contributed by atoms with Crippen molar-refractivity contribution in [1.29, 1.82) is 5.41 Å². The van der Waals surface area contributed by atoms with Crippen LogP contribution in [0.25, 0.3) is 0 Å². The van der Waals surface area contributed by atoms with Crippen LogP contribution in [0.5, 0.6) is 0 Å². The van der Waals surface area contributed by atoms with Crippen molar-refractivity contribution in [3.8, 4) is 0 Å². The molecule has 0 aromatic rings. The van der Waals surface area contributed by atoms with Crippen molar-refractivity contribution in [3.05, 3.63) is 0 Å². The predicted octanol–water partition coefficient (Wildman–Crippen LogP) is 0.423. The third-order valence-electron chi connectivity index (χ3n) is 2.38. The number of nitrogens with one attached hydrogen (secondary N) is 1. The highest BCUT2D eigenvalue weighted by molar-refractivity contribution is 5.76. The molecule has 1 rings (SSSR count). The molecule has 1 unspecified atom stereocenters. The summed E-state index contributed by atoms with van der Waals surface area (Å²) in [5, 5.41) is 7.13. The summed E-state index contributed by atoms with van der Waals surface area (Å²) in [5.41, 5.74) is 5.30. The lowest BCUT2D eigenvalue weighted by Crippen LogP contribution is -2.43. The normalized spacial score (nSPS) is 24.5. The largest absolute Gasteiger partial charge is 0.388 e. The molecule has 0 radical (unpaired) electrons. The van der Waals surface area contributed by atoms with E-state index in [0.717, 1.165) is 32.7 Å². The Kier molecular flexibility index (Phi) is 4.18. The summed E-state index contributed by atoms with van der Waals surface area (Å²) in [6.07, 6.45) is 2.12. The standard InChI is InChI=1S/C9H19N3O/c1-2-8-7-12(5-6-13-8)4-3-9(10)11/h8H,2-7H2,1H3,(H3,10,11). The number of hydrogen-bond donors (Lipinski definition) is 2. The third-order valence-corrected chi connectivity index (χ3v) is 2.38. The molecule has 1 atom stereocenters. The zero-order valence-corrected chi connectivity index (χ0v) is 8.25. The molecule has 0 aromatic heterocycles. The molecule has 0 aromatic carbocycles. The summed E-state index contributed by atoms with van der Waals surface area (Å²) in [6, 6.07) is 0. The Morgan fingerprint density at radius 2 is 2.46 bits per heavy atom. The second-order valence-corrected chi connectivity index (χ2v) is 3.48. The third kappa shape index (κ3) is 3.74. The van der Waals surface area contributed by atoms with Gasteiger partial charge in [-0.1, -0.05) is 6.92 Å². The van der Waals surface area contributed by atoms with Crippen LogP contribution in [0.1, 0.15) is 19.8 Å². The fourth-order valence-electron chi connectivity index (χ4n) is 1.51. The van der Waals surface area contributed by atoms with Crippen molar-refractivity contribution < 1.29 is 4.74 Å². The van der Waals surface area contributed by atoms with Crippen LogP contribution >= 0.6 is 0 Å². The summed E-state index contributed by atoms with van der Waals surface area (Å²) < 4.78 is 5.54. The minimum absolute atomic E-state index is 0.277. The van der Waals surface area contributed by atoms with E-state index in [1.54, 1.807) is 0 Å². The zero-order valence-electron chi connectivity index (χ0n) is 8.25. The van der Waals surface area contributed by atoms with Crippen molar-refractivity contribution in [1.82, 2.24) is 4.90 Å². The molecule has 76 valence electrons. The first-order valence-corrected chi connectivity index (χ1v) is 4.89. The van der Waals surface area contributed by atoms with Crippen LogP contribution in [0.15, 0.2) is 0 Å². The quantitative estimate of drug-likeness (QED) is 0.493. The smallest absolute Gasteiger partial charge is 0.0918 e. The molecular weight excluding hydrogens is 166 g/mol. The number of ether oxygens (including phenoxy) is 1. The number of amidine groups is 1. The Bertz CT molecular complexity index is 172. The highest BCUT2D eigenvalue weighted by Gasteiger charge is 2.18. The highest BCUT2D eigenvalue weighted by atomic mass is 16.5. The Labute approximate surface area is 79.6 Å². The van der Waals surface area contributed by atoms with E-state index in [1.807, 2.05) is 0 Å². The summed E-state index contributed by atoms with van der Waals surface area (Å²) in [4.78, 5) is 2.32. The minimum Gasteiger partial charge on any atom is -0.388 e. The SMILES string of the molecule is CCC1CN(CCC(=N)N)CCO1. The van der Waals surface area contributed by atoms with Gasteiger partial charge < -0.3 is 10.5 Å². The number of hydrogen-bond acceptors (Lipinski definition) is 3. The molecule has 1 aliphatic heterocycles.